The van der Waals surface area contributed by atoms with Crippen LogP contribution in [0.1, 0.15) is 27.6 Å². The number of nitrogens with two attached hydrogens (primary N) is 1. The van der Waals surface area contributed by atoms with Gasteiger partial charge in [-0.2, -0.15) is 11.3 Å². The van der Waals surface area contributed by atoms with Crippen LogP contribution in [0.4, 0.5) is 11.4 Å². The molecule has 1 aromatic heterocycles. The predicted octanol–water partition coefficient (Wildman–Crippen LogP) is 2.48. The Labute approximate surface area is 120 Å². The van der Waals surface area contributed by atoms with Crippen molar-refractivity contribution in [3.05, 3.63) is 45.6 Å². The highest BCUT2D eigenvalue weighted by Crippen LogP contribution is 2.24. The number of aliphatic hydroxyl groups is 1. The van der Waals surface area contributed by atoms with Gasteiger partial charge in [-0.3, -0.25) is 0 Å². The zero-order chi connectivity index (χ0) is 14.7. The van der Waals surface area contributed by atoms with E-state index in [1.807, 2.05) is 16.8 Å². The minimum absolute atomic E-state index is 0.0672. The summed E-state index contributed by atoms with van der Waals surface area (Å²) in [6.07, 6.45) is -0.632. The zero-order valence-corrected chi connectivity index (χ0v) is 11.8. The van der Waals surface area contributed by atoms with Gasteiger partial charge in [0.1, 0.15) is 0 Å². The molecule has 0 bridgehead atoms. The number of benzene rings is 1. The number of carboxylic acid groups (broad SMARTS) is 1. The second-order valence-electron chi connectivity index (χ2n) is 4.51. The van der Waals surface area contributed by atoms with Gasteiger partial charge in [-0.25, -0.2) is 4.79 Å². The molecule has 0 amide bonds. The normalized spacial score (nSPS) is 12.1. The topological polar surface area (TPSA) is 95.6 Å². The van der Waals surface area contributed by atoms with Gasteiger partial charge in [0.15, 0.2) is 0 Å². The summed E-state index contributed by atoms with van der Waals surface area (Å²) in [4.78, 5) is 11.1. The highest BCUT2D eigenvalue weighted by atomic mass is 32.1. The Bertz CT molecular complexity index is 611. The number of hydrogen-bond donors (Lipinski definition) is 4. The number of aromatic carboxylic acids is 1. The number of anilines is 2. The Morgan fingerprint density at radius 1 is 1.50 bits per heavy atom. The van der Waals surface area contributed by atoms with Crippen LogP contribution in [-0.2, 0) is 0 Å². The van der Waals surface area contributed by atoms with E-state index in [0.29, 0.717) is 17.8 Å². The molecule has 106 valence electrons. The Balaban J connectivity index is 2.12. The predicted molar refractivity (Wildman–Crippen MR) is 80.3 cm³/mol. The maximum absolute atomic E-state index is 11.1. The smallest absolute Gasteiger partial charge is 0.337 e. The number of hydrogen-bond acceptors (Lipinski definition) is 5. The average molecular weight is 292 g/mol. The minimum atomic E-state index is -1.06. The first kappa shape index (κ1) is 14.4. The van der Waals surface area contributed by atoms with Crippen LogP contribution < -0.4 is 11.1 Å². The van der Waals surface area contributed by atoms with Gasteiger partial charge in [0.05, 0.1) is 11.7 Å². The third-order valence-electron chi connectivity index (χ3n) is 3.04. The quantitative estimate of drug-likeness (QED) is 0.635. The number of nitrogen functional groups attached to an aromatic ring is 1. The highest BCUT2D eigenvalue weighted by molar-refractivity contribution is 7.07. The third-order valence-corrected chi connectivity index (χ3v) is 3.75. The van der Waals surface area contributed by atoms with Crippen LogP contribution in [0.25, 0.3) is 0 Å². The Morgan fingerprint density at radius 2 is 2.25 bits per heavy atom. The molecular formula is C14H16N2O3S. The van der Waals surface area contributed by atoms with Gasteiger partial charge in [-0.1, -0.05) is 0 Å². The first-order valence-electron chi connectivity index (χ1n) is 6.06. The summed E-state index contributed by atoms with van der Waals surface area (Å²) in [6, 6.07) is 5.10. The number of rotatable bonds is 5. The van der Waals surface area contributed by atoms with Crippen LogP contribution in [0, 0.1) is 6.92 Å². The number of nitrogens with one attached hydrogen (secondary N) is 1. The van der Waals surface area contributed by atoms with E-state index < -0.39 is 12.1 Å². The van der Waals surface area contributed by atoms with Crippen molar-refractivity contribution in [3.8, 4) is 0 Å². The molecule has 0 radical (unpaired) electrons. The number of carbonyl (C=O) groups is 1. The van der Waals surface area contributed by atoms with Crippen LogP contribution in [0.3, 0.4) is 0 Å². The maximum Gasteiger partial charge on any atom is 0.337 e. The second kappa shape index (κ2) is 5.94. The Hall–Kier alpha value is -2.05. The molecule has 1 heterocycles. The lowest BCUT2D eigenvalue weighted by atomic mass is 10.1. The van der Waals surface area contributed by atoms with Crippen molar-refractivity contribution in [1.29, 1.82) is 0 Å². The van der Waals surface area contributed by atoms with E-state index in [4.69, 9.17) is 10.8 Å². The lowest BCUT2D eigenvalue weighted by Gasteiger charge is -2.14. The van der Waals surface area contributed by atoms with Crippen molar-refractivity contribution in [2.45, 2.75) is 13.0 Å². The largest absolute Gasteiger partial charge is 0.478 e. The minimum Gasteiger partial charge on any atom is -0.478 e. The molecule has 0 fully saturated rings. The van der Waals surface area contributed by atoms with Crippen LogP contribution in [0.15, 0.2) is 29.0 Å². The van der Waals surface area contributed by atoms with E-state index in [-0.39, 0.29) is 11.3 Å². The van der Waals surface area contributed by atoms with Crippen LogP contribution >= 0.6 is 11.3 Å². The van der Waals surface area contributed by atoms with Crippen molar-refractivity contribution in [3.63, 3.8) is 0 Å². The monoisotopic (exact) mass is 292 g/mol. The van der Waals surface area contributed by atoms with E-state index in [1.165, 1.54) is 17.4 Å². The van der Waals surface area contributed by atoms with E-state index in [0.717, 1.165) is 5.56 Å². The molecule has 0 aliphatic carbocycles. The lowest BCUT2D eigenvalue weighted by molar-refractivity contribution is 0.0698. The summed E-state index contributed by atoms with van der Waals surface area (Å²) in [6.45, 7) is 2.06. The first-order valence-corrected chi connectivity index (χ1v) is 7.00. The summed E-state index contributed by atoms with van der Waals surface area (Å²) >= 11 is 1.52. The molecule has 6 heteroatoms. The third kappa shape index (κ3) is 3.09. The molecule has 2 aromatic rings. The first-order chi connectivity index (χ1) is 9.49. The molecule has 1 unspecified atom stereocenters. The summed E-state index contributed by atoms with van der Waals surface area (Å²) < 4.78 is 0. The standard InChI is InChI=1S/C14H16N2O3S/c1-8-4-10(5-11(13(8)15)14(18)19)16-6-12(17)9-2-3-20-7-9/h2-5,7,12,16-17H,6,15H2,1H3,(H,18,19). The van der Waals surface area contributed by atoms with Crippen molar-refractivity contribution < 1.29 is 15.0 Å². The molecule has 2 rings (SSSR count). The van der Waals surface area contributed by atoms with Crippen LogP contribution in [0.5, 0.6) is 0 Å². The molecular weight excluding hydrogens is 276 g/mol. The Kier molecular flexibility index (Phi) is 4.26. The van der Waals surface area contributed by atoms with Gasteiger partial charge in [-0.05, 0) is 47.0 Å². The lowest BCUT2D eigenvalue weighted by Crippen LogP contribution is -2.13. The second-order valence-corrected chi connectivity index (χ2v) is 5.29. The average Bonchev–Trinajstić information content (AvgIpc) is 2.93. The van der Waals surface area contributed by atoms with Gasteiger partial charge in [0, 0.05) is 17.9 Å². The molecule has 20 heavy (non-hydrogen) atoms. The molecule has 0 aliphatic rings. The van der Waals surface area contributed by atoms with Crippen LogP contribution in [-0.4, -0.2) is 22.7 Å². The van der Waals surface area contributed by atoms with Gasteiger partial charge in [-0.15, -0.1) is 0 Å². The number of aryl methyl sites for hydroxylation is 1. The number of thiophene rings is 1. The fourth-order valence-corrected chi connectivity index (χ4v) is 2.58. The van der Waals surface area contributed by atoms with Crippen molar-refractivity contribution >= 4 is 28.7 Å². The molecule has 0 spiro atoms. The highest BCUT2D eigenvalue weighted by Gasteiger charge is 2.13. The van der Waals surface area contributed by atoms with E-state index in [2.05, 4.69) is 5.32 Å². The molecule has 0 saturated heterocycles. The van der Waals surface area contributed by atoms with Crippen molar-refractivity contribution in [2.24, 2.45) is 0 Å². The molecule has 0 saturated carbocycles. The SMILES string of the molecule is Cc1cc(NCC(O)c2ccsc2)cc(C(=O)O)c1N. The summed E-state index contributed by atoms with van der Waals surface area (Å²) in [5.41, 5.74) is 8.22. The maximum atomic E-state index is 11.1. The summed E-state index contributed by atoms with van der Waals surface area (Å²) in [5.74, 6) is -1.06. The molecule has 5 N–H and O–H groups in total. The van der Waals surface area contributed by atoms with Crippen LogP contribution in [0.2, 0.25) is 0 Å². The fraction of sp³-hybridized carbons (Fsp3) is 0.214. The number of carboxylic acids is 1. The van der Waals surface area contributed by atoms with E-state index in [1.54, 1.807) is 13.0 Å². The van der Waals surface area contributed by atoms with Gasteiger partial charge in [0.2, 0.25) is 0 Å². The van der Waals surface area contributed by atoms with Gasteiger partial charge in [0.25, 0.3) is 0 Å². The van der Waals surface area contributed by atoms with E-state index >= 15 is 0 Å². The molecule has 1 atom stereocenters. The molecule has 1 aromatic carbocycles. The summed E-state index contributed by atoms with van der Waals surface area (Å²) in [7, 11) is 0. The van der Waals surface area contributed by atoms with Gasteiger partial charge < -0.3 is 21.3 Å². The molecule has 5 nitrogen and oxygen atoms in total. The van der Waals surface area contributed by atoms with Gasteiger partial charge >= 0.3 is 5.97 Å². The Morgan fingerprint density at radius 3 is 2.85 bits per heavy atom. The number of aliphatic hydroxyl groups excluding tert-OH is 1. The summed E-state index contributed by atoms with van der Waals surface area (Å²) in [5, 5.41) is 25.9. The fourth-order valence-electron chi connectivity index (χ4n) is 1.87. The molecule has 0 aliphatic heterocycles. The van der Waals surface area contributed by atoms with Crippen molar-refractivity contribution in [2.75, 3.05) is 17.6 Å². The van der Waals surface area contributed by atoms with Crippen molar-refractivity contribution in [1.82, 2.24) is 0 Å². The zero-order valence-electron chi connectivity index (χ0n) is 11.0. The van der Waals surface area contributed by atoms with E-state index in [9.17, 15) is 9.90 Å².